The standard InChI is InChI=1S/C10H18N2OS/c1-3-4-5-6-7-12-9(13)8(2)11-10(12)14/h8H,3-7H2,1-2H3,(H,11,14). The average Bonchev–Trinajstić information content (AvgIpc) is 2.38. The SMILES string of the molecule is CCCCCCN1C(=O)C(C)NC1=S. The number of carbonyl (C=O) groups is 1. The molecule has 0 radical (unpaired) electrons. The molecule has 0 spiro atoms. The Morgan fingerprint density at radius 3 is 2.64 bits per heavy atom. The highest BCUT2D eigenvalue weighted by Crippen LogP contribution is 2.08. The molecular weight excluding hydrogens is 196 g/mol. The minimum atomic E-state index is -0.131. The summed E-state index contributed by atoms with van der Waals surface area (Å²) >= 11 is 5.07. The van der Waals surface area contributed by atoms with Crippen LogP contribution in [-0.2, 0) is 4.79 Å². The van der Waals surface area contributed by atoms with E-state index in [-0.39, 0.29) is 11.9 Å². The van der Waals surface area contributed by atoms with Gasteiger partial charge in [0.2, 0.25) is 0 Å². The van der Waals surface area contributed by atoms with Gasteiger partial charge in [-0.3, -0.25) is 9.69 Å². The Bertz CT molecular complexity index is 230. The number of amides is 1. The second-order valence-corrected chi connectivity index (χ2v) is 4.11. The van der Waals surface area contributed by atoms with Crippen LogP contribution < -0.4 is 5.32 Å². The maximum Gasteiger partial charge on any atom is 0.250 e. The third-order valence-corrected chi connectivity index (χ3v) is 2.80. The Hall–Kier alpha value is -0.640. The van der Waals surface area contributed by atoms with Gasteiger partial charge in [0.15, 0.2) is 5.11 Å². The van der Waals surface area contributed by atoms with E-state index in [0.29, 0.717) is 5.11 Å². The number of hydrogen-bond donors (Lipinski definition) is 1. The van der Waals surface area contributed by atoms with Crippen molar-refractivity contribution in [3.63, 3.8) is 0 Å². The van der Waals surface area contributed by atoms with E-state index in [1.807, 2.05) is 6.92 Å². The van der Waals surface area contributed by atoms with E-state index < -0.39 is 0 Å². The molecule has 0 aromatic carbocycles. The molecule has 0 saturated carbocycles. The zero-order chi connectivity index (χ0) is 10.6. The molecular formula is C10H18N2OS. The van der Waals surface area contributed by atoms with Gasteiger partial charge in [-0.1, -0.05) is 26.2 Å². The van der Waals surface area contributed by atoms with Gasteiger partial charge in [0.25, 0.3) is 5.91 Å². The minimum Gasteiger partial charge on any atom is -0.351 e. The zero-order valence-corrected chi connectivity index (χ0v) is 9.69. The lowest BCUT2D eigenvalue weighted by Crippen LogP contribution is -2.31. The van der Waals surface area contributed by atoms with Crippen molar-refractivity contribution in [3.05, 3.63) is 0 Å². The first-order valence-corrected chi connectivity index (χ1v) is 5.69. The maximum absolute atomic E-state index is 11.6. The first kappa shape index (κ1) is 11.4. The van der Waals surface area contributed by atoms with E-state index in [1.54, 1.807) is 4.90 Å². The molecule has 0 aromatic heterocycles. The fraction of sp³-hybridized carbons (Fsp3) is 0.800. The Balaban J connectivity index is 2.30. The largest absolute Gasteiger partial charge is 0.351 e. The third kappa shape index (κ3) is 2.67. The van der Waals surface area contributed by atoms with Crippen LogP contribution in [0.3, 0.4) is 0 Å². The Kier molecular flexibility index (Phi) is 4.32. The number of hydrogen-bond acceptors (Lipinski definition) is 2. The highest BCUT2D eigenvalue weighted by molar-refractivity contribution is 7.80. The molecule has 0 aromatic rings. The van der Waals surface area contributed by atoms with Crippen LogP contribution >= 0.6 is 12.2 Å². The van der Waals surface area contributed by atoms with Gasteiger partial charge in [0.1, 0.15) is 6.04 Å². The second-order valence-electron chi connectivity index (χ2n) is 3.72. The number of rotatable bonds is 5. The lowest BCUT2D eigenvalue weighted by Gasteiger charge is -2.13. The van der Waals surface area contributed by atoms with Gasteiger partial charge in [-0.25, -0.2) is 0 Å². The molecule has 14 heavy (non-hydrogen) atoms. The molecule has 4 heteroatoms. The summed E-state index contributed by atoms with van der Waals surface area (Å²) in [6.07, 6.45) is 4.68. The van der Waals surface area contributed by atoms with Crippen molar-refractivity contribution in [1.82, 2.24) is 10.2 Å². The van der Waals surface area contributed by atoms with Crippen molar-refractivity contribution < 1.29 is 4.79 Å². The smallest absolute Gasteiger partial charge is 0.250 e. The summed E-state index contributed by atoms with van der Waals surface area (Å²) in [5.41, 5.74) is 0. The molecule has 1 rings (SSSR count). The van der Waals surface area contributed by atoms with Crippen LogP contribution in [-0.4, -0.2) is 28.5 Å². The number of unbranched alkanes of at least 4 members (excludes halogenated alkanes) is 3. The molecule has 0 aliphatic carbocycles. The highest BCUT2D eigenvalue weighted by atomic mass is 32.1. The molecule has 1 aliphatic heterocycles. The minimum absolute atomic E-state index is 0.117. The van der Waals surface area contributed by atoms with Crippen LogP contribution in [0, 0.1) is 0 Å². The Labute approximate surface area is 90.8 Å². The van der Waals surface area contributed by atoms with Crippen LogP contribution in [0.4, 0.5) is 0 Å². The molecule has 1 aliphatic rings. The van der Waals surface area contributed by atoms with Crippen LogP contribution in [0.1, 0.15) is 39.5 Å². The van der Waals surface area contributed by atoms with Gasteiger partial charge in [-0.2, -0.15) is 0 Å². The highest BCUT2D eigenvalue weighted by Gasteiger charge is 2.31. The number of carbonyl (C=O) groups excluding carboxylic acids is 1. The summed E-state index contributed by atoms with van der Waals surface area (Å²) in [5, 5.41) is 3.56. The van der Waals surface area contributed by atoms with Gasteiger partial charge in [0.05, 0.1) is 0 Å². The maximum atomic E-state index is 11.6. The lowest BCUT2D eigenvalue weighted by molar-refractivity contribution is -0.126. The van der Waals surface area contributed by atoms with Gasteiger partial charge in [-0.15, -0.1) is 0 Å². The lowest BCUT2D eigenvalue weighted by atomic mass is 10.2. The van der Waals surface area contributed by atoms with E-state index in [1.165, 1.54) is 19.3 Å². The van der Waals surface area contributed by atoms with E-state index in [0.717, 1.165) is 13.0 Å². The summed E-state index contributed by atoms with van der Waals surface area (Å²) in [7, 11) is 0. The summed E-state index contributed by atoms with van der Waals surface area (Å²) in [5.74, 6) is 0.117. The molecule has 1 heterocycles. The summed E-state index contributed by atoms with van der Waals surface area (Å²) in [6.45, 7) is 4.80. The second kappa shape index (κ2) is 5.29. The molecule has 1 fully saturated rings. The summed E-state index contributed by atoms with van der Waals surface area (Å²) < 4.78 is 0. The van der Waals surface area contributed by atoms with E-state index in [4.69, 9.17) is 12.2 Å². The predicted molar refractivity (Wildman–Crippen MR) is 61.1 cm³/mol. The van der Waals surface area contributed by atoms with Crippen molar-refractivity contribution in [2.75, 3.05) is 6.54 Å². The first-order valence-electron chi connectivity index (χ1n) is 5.28. The Morgan fingerprint density at radius 2 is 2.14 bits per heavy atom. The molecule has 80 valence electrons. The molecule has 1 atom stereocenters. The molecule has 0 bridgehead atoms. The van der Waals surface area contributed by atoms with Crippen molar-refractivity contribution >= 4 is 23.2 Å². The van der Waals surface area contributed by atoms with Gasteiger partial charge < -0.3 is 5.32 Å². The fourth-order valence-corrected chi connectivity index (χ4v) is 1.93. The van der Waals surface area contributed by atoms with Crippen LogP contribution in [0.25, 0.3) is 0 Å². The monoisotopic (exact) mass is 214 g/mol. The van der Waals surface area contributed by atoms with E-state index in [9.17, 15) is 4.79 Å². The Morgan fingerprint density at radius 1 is 1.43 bits per heavy atom. The third-order valence-electron chi connectivity index (χ3n) is 2.46. The molecule has 1 N–H and O–H groups in total. The van der Waals surface area contributed by atoms with Crippen LogP contribution in [0.5, 0.6) is 0 Å². The summed E-state index contributed by atoms with van der Waals surface area (Å²) in [4.78, 5) is 13.2. The molecule has 1 amide bonds. The van der Waals surface area contributed by atoms with Gasteiger partial charge >= 0.3 is 0 Å². The van der Waals surface area contributed by atoms with Crippen molar-refractivity contribution in [2.45, 2.75) is 45.6 Å². The van der Waals surface area contributed by atoms with E-state index >= 15 is 0 Å². The van der Waals surface area contributed by atoms with Crippen molar-refractivity contribution in [3.8, 4) is 0 Å². The van der Waals surface area contributed by atoms with Gasteiger partial charge in [0, 0.05) is 6.54 Å². The van der Waals surface area contributed by atoms with E-state index in [2.05, 4.69) is 12.2 Å². The number of thiocarbonyl (C=S) groups is 1. The van der Waals surface area contributed by atoms with Crippen molar-refractivity contribution in [1.29, 1.82) is 0 Å². The number of nitrogens with one attached hydrogen (secondary N) is 1. The summed E-state index contributed by atoms with van der Waals surface area (Å²) in [6, 6.07) is -0.131. The van der Waals surface area contributed by atoms with Crippen LogP contribution in [0.15, 0.2) is 0 Å². The van der Waals surface area contributed by atoms with Gasteiger partial charge in [-0.05, 0) is 25.6 Å². The molecule has 1 saturated heterocycles. The first-order chi connectivity index (χ1) is 6.66. The normalized spacial score (nSPS) is 21.6. The fourth-order valence-electron chi connectivity index (χ4n) is 1.57. The van der Waals surface area contributed by atoms with Crippen molar-refractivity contribution in [2.24, 2.45) is 0 Å². The average molecular weight is 214 g/mol. The number of nitrogens with zero attached hydrogens (tertiary/aromatic N) is 1. The topological polar surface area (TPSA) is 32.3 Å². The quantitative estimate of drug-likeness (QED) is 0.558. The molecule has 1 unspecified atom stereocenters. The van der Waals surface area contributed by atoms with Crippen LogP contribution in [0.2, 0.25) is 0 Å². The zero-order valence-electron chi connectivity index (χ0n) is 8.88. The predicted octanol–water partition coefficient (Wildman–Crippen LogP) is 1.67. The molecule has 3 nitrogen and oxygen atoms in total.